The van der Waals surface area contributed by atoms with E-state index in [1.165, 1.54) is 83.5 Å². The van der Waals surface area contributed by atoms with Crippen LogP contribution in [0.1, 0.15) is 103 Å². The Bertz CT molecular complexity index is 708. The number of fused-ring (bicyclic) bond motifs is 1. The van der Waals surface area contributed by atoms with E-state index in [9.17, 15) is 0 Å². The molecule has 0 amide bonds. The van der Waals surface area contributed by atoms with Gasteiger partial charge in [0.05, 0.1) is 6.33 Å². The zero-order valence-corrected chi connectivity index (χ0v) is 18.2. The molecule has 2 heterocycles. The molecule has 0 aliphatic heterocycles. The lowest BCUT2D eigenvalue weighted by Gasteiger charge is -2.12. The number of nitrogens with one attached hydrogen (secondary N) is 1. The fourth-order valence-electron chi connectivity index (χ4n) is 4.28. The molecular weight excluding hydrogens is 370 g/mol. The highest BCUT2D eigenvalue weighted by Crippen LogP contribution is 2.32. The topological polar surface area (TPSA) is 55.6 Å². The van der Waals surface area contributed by atoms with Gasteiger partial charge in [0.2, 0.25) is 5.28 Å². The van der Waals surface area contributed by atoms with Crippen molar-refractivity contribution in [2.75, 3.05) is 11.9 Å². The summed E-state index contributed by atoms with van der Waals surface area (Å²) in [7, 11) is 0. The Kier molecular flexibility index (Phi) is 8.84. The lowest BCUT2D eigenvalue weighted by Crippen LogP contribution is -2.07. The smallest absolute Gasteiger partial charge is 0.226 e. The molecule has 28 heavy (non-hydrogen) atoms. The minimum Gasteiger partial charge on any atom is -0.368 e. The SMILES string of the molecule is CCCCCCCCCCCCNc1nc(Cl)nc2c1ncn2C1CCCC1. The number of aromatic nitrogens is 4. The van der Waals surface area contributed by atoms with Crippen LogP contribution >= 0.6 is 11.6 Å². The van der Waals surface area contributed by atoms with Gasteiger partial charge in [0, 0.05) is 12.6 Å². The van der Waals surface area contributed by atoms with Gasteiger partial charge in [0.25, 0.3) is 0 Å². The van der Waals surface area contributed by atoms with Crippen LogP contribution in [0.25, 0.3) is 11.2 Å². The summed E-state index contributed by atoms with van der Waals surface area (Å²) in [4.78, 5) is 13.4. The first-order chi connectivity index (χ1) is 13.8. The lowest BCUT2D eigenvalue weighted by molar-refractivity contribution is 0.529. The van der Waals surface area contributed by atoms with Crippen molar-refractivity contribution in [3.63, 3.8) is 0 Å². The van der Waals surface area contributed by atoms with Gasteiger partial charge in [0.15, 0.2) is 17.0 Å². The molecule has 2 aromatic heterocycles. The van der Waals surface area contributed by atoms with Crippen LogP contribution in [0.15, 0.2) is 6.33 Å². The zero-order chi connectivity index (χ0) is 19.6. The fourth-order valence-corrected chi connectivity index (χ4v) is 4.45. The molecule has 0 radical (unpaired) electrons. The summed E-state index contributed by atoms with van der Waals surface area (Å²) in [5.41, 5.74) is 1.72. The van der Waals surface area contributed by atoms with E-state index in [2.05, 4.69) is 31.8 Å². The Balaban J connectivity index is 1.40. The van der Waals surface area contributed by atoms with Gasteiger partial charge < -0.3 is 9.88 Å². The highest BCUT2D eigenvalue weighted by molar-refractivity contribution is 6.28. The van der Waals surface area contributed by atoms with Crippen LogP contribution in [-0.4, -0.2) is 26.1 Å². The van der Waals surface area contributed by atoms with Gasteiger partial charge in [-0.15, -0.1) is 0 Å². The molecule has 1 aliphatic carbocycles. The number of rotatable bonds is 13. The van der Waals surface area contributed by atoms with Crippen molar-refractivity contribution in [1.82, 2.24) is 19.5 Å². The molecule has 0 spiro atoms. The van der Waals surface area contributed by atoms with Crippen molar-refractivity contribution in [2.45, 2.75) is 103 Å². The third kappa shape index (κ3) is 6.07. The Hall–Kier alpha value is -1.36. The standard InChI is InChI=1S/C22H36ClN5/c1-2-3-4-5-6-7-8-9-10-13-16-24-20-19-21(27-22(23)26-20)28(17-25-19)18-14-11-12-15-18/h17-18H,2-16H2,1H3,(H,24,26,27). The molecule has 0 aromatic carbocycles. The Labute approximate surface area is 174 Å². The number of hydrogen-bond acceptors (Lipinski definition) is 4. The normalized spacial score (nSPS) is 14.9. The number of anilines is 1. The third-order valence-electron chi connectivity index (χ3n) is 5.93. The molecule has 6 heteroatoms. The largest absolute Gasteiger partial charge is 0.368 e. The summed E-state index contributed by atoms with van der Waals surface area (Å²) < 4.78 is 2.20. The number of unbranched alkanes of at least 4 members (excludes halogenated alkanes) is 9. The number of hydrogen-bond donors (Lipinski definition) is 1. The molecule has 1 fully saturated rings. The van der Waals surface area contributed by atoms with Crippen molar-refractivity contribution in [1.29, 1.82) is 0 Å². The van der Waals surface area contributed by atoms with E-state index in [0.29, 0.717) is 11.3 Å². The second-order valence-corrected chi connectivity index (χ2v) is 8.55. The summed E-state index contributed by atoms with van der Waals surface area (Å²) in [6.45, 7) is 3.19. The maximum Gasteiger partial charge on any atom is 0.226 e. The second kappa shape index (κ2) is 11.6. The lowest BCUT2D eigenvalue weighted by atomic mass is 10.1. The highest BCUT2D eigenvalue weighted by Gasteiger charge is 2.21. The van der Waals surface area contributed by atoms with Crippen LogP contribution in [0.3, 0.4) is 0 Å². The van der Waals surface area contributed by atoms with E-state index in [4.69, 9.17) is 11.6 Å². The highest BCUT2D eigenvalue weighted by atomic mass is 35.5. The van der Waals surface area contributed by atoms with Crippen LogP contribution in [0.5, 0.6) is 0 Å². The van der Waals surface area contributed by atoms with E-state index < -0.39 is 0 Å². The predicted molar refractivity (Wildman–Crippen MR) is 118 cm³/mol. The molecule has 156 valence electrons. The average Bonchev–Trinajstić information content (AvgIpc) is 3.35. The van der Waals surface area contributed by atoms with Crippen LogP contribution in [0.2, 0.25) is 5.28 Å². The Morgan fingerprint density at radius 3 is 2.29 bits per heavy atom. The molecule has 1 aliphatic rings. The van der Waals surface area contributed by atoms with E-state index in [1.54, 1.807) is 0 Å². The molecular formula is C22H36ClN5. The van der Waals surface area contributed by atoms with Crippen LogP contribution in [-0.2, 0) is 0 Å². The molecule has 0 bridgehead atoms. The summed E-state index contributed by atoms with van der Waals surface area (Å²) in [6, 6.07) is 0.505. The van der Waals surface area contributed by atoms with Crippen molar-refractivity contribution < 1.29 is 0 Å². The first-order valence-corrected chi connectivity index (χ1v) is 11.8. The first kappa shape index (κ1) is 21.4. The minimum atomic E-state index is 0.304. The summed E-state index contributed by atoms with van der Waals surface area (Å²) in [6.07, 6.45) is 20.3. The van der Waals surface area contributed by atoms with Gasteiger partial charge in [-0.3, -0.25) is 0 Å². The fraction of sp³-hybridized carbons (Fsp3) is 0.773. The minimum absolute atomic E-state index is 0.304. The van der Waals surface area contributed by atoms with Crippen molar-refractivity contribution >= 4 is 28.6 Å². The van der Waals surface area contributed by atoms with Crippen molar-refractivity contribution in [3.05, 3.63) is 11.6 Å². The molecule has 5 nitrogen and oxygen atoms in total. The Morgan fingerprint density at radius 1 is 0.964 bits per heavy atom. The monoisotopic (exact) mass is 405 g/mol. The summed E-state index contributed by atoms with van der Waals surface area (Å²) in [5, 5.41) is 3.75. The van der Waals surface area contributed by atoms with E-state index >= 15 is 0 Å². The quantitative estimate of drug-likeness (QED) is 0.290. The molecule has 1 saturated carbocycles. The maximum absolute atomic E-state index is 6.20. The van der Waals surface area contributed by atoms with Gasteiger partial charge in [0.1, 0.15) is 0 Å². The summed E-state index contributed by atoms with van der Waals surface area (Å²) >= 11 is 6.20. The van der Waals surface area contributed by atoms with Gasteiger partial charge in [-0.05, 0) is 30.9 Å². The van der Waals surface area contributed by atoms with Gasteiger partial charge in [-0.1, -0.05) is 77.6 Å². The predicted octanol–water partition coefficient (Wildman–Crippen LogP) is 6.93. The van der Waals surface area contributed by atoms with E-state index in [0.717, 1.165) is 29.9 Å². The number of imidazole rings is 1. The van der Waals surface area contributed by atoms with Crippen LogP contribution < -0.4 is 5.32 Å². The second-order valence-electron chi connectivity index (χ2n) is 8.21. The van der Waals surface area contributed by atoms with Gasteiger partial charge in [-0.2, -0.15) is 9.97 Å². The number of halogens is 1. The molecule has 0 saturated heterocycles. The first-order valence-electron chi connectivity index (χ1n) is 11.4. The van der Waals surface area contributed by atoms with Gasteiger partial charge >= 0.3 is 0 Å². The van der Waals surface area contributed by atoms with Gasteiger partial charge in [-0.25, -0.2) is 4.98 Å². The molecule has 0 unspecified atom stereocenters. The molecule has 0 atom stereocenters. The van der Waals surface area contributed by atoms with Crippen molar-refractivity contribution in [3.8, 4) is 0 Å². The van der Waals surface area contributed by atoms with E-state index in [-0.39, 0.29) is 0 Å². The molecule has 3 rings (SSSR count). The average molecular weight is 406 g/mol. The van der Waals surface area contributed by atoms with Crippen LogP contribution in [0.4, 0.5) is 5.82 Å². The number of nitrogens with zero attached hydrogens (tertiary/aromatic N) is 4. The van der Waals surface area contributed by atoms with Crippen LogP contribution in [0, 0.1) is 0 Å². The third-order valence-corrected chi connectivity index (χ3v) is 6.10. The summed E-state index contributed by atoms with van der Waals surface area (Å²) in [5.74, 6) is 0.780. The van der Waals surface area contributed by atoms with Crippen molar-refractivity contribution in [2.24, 2.45) is 0 Å². The van der Waals surface area contributed by atoms with E-state index in [1.807, 2.05) is 6.33 Å². The zero-order valence-electron chi connectivity index (χ0n) is 17.4. The maximum atomic E-state index is 6.20. The Morgan fingerprint density at radius 2 is 1.61 bits per heavy atom. The molecule has 1 N–H and O–H groups in total. The molecule has 2 aromatic rings.